The first-order valence-corrected chi connectivity index (χ1v) is 15.8. The van der Waals surface area contributed by atoms with Crippen molar-refractivity contribution in [2.45, 2.75) is 70.3 Å². The topological polar surface area (TPSA) is 67.2 Å². The molecule has 7 heteroatoms. The molecule has 2 fully saturated rings. The van der Waals surface area contributed by atoms with Gasteiger partial charge in [0.25, 0.3) is 0 Å². The van der Waals surface area contributed by atoms with E-state index in [2.05, 4.69) is 38.6 Å². The molecule has 3 aromatic rings. The van der Waals surface area contributed by atoms with Gasteiger partial charge in [-0.25, -0.2) is 4.79 Å². The lowest BCUT2D eigenvalue weighted by Crippen LogP contribution is -2.38. The zero-order valence-electron chi connectivity index (χ0n) is 24.6. The van der Waals surface area contributed by atoms with Gasteiger partial charge in [0.2, 0.25) is 0 Å². The summed E-state index contributed by atoms with van der Waals surface area (Å²) in [4.78, 5) is 17.1. The number of aromatic carboxylic acids is 1. The number of methoxy groups -OCH3 is 1. The van der Waals surface area contributed by atoms with Gasteiger partial charge in [-0.2, -0.15) is 0 Å². The molecule has 41 heavy (non-hydrogen) atoms. The number of para-hydroxylation sites is 1. The normalized spacial score (nSPS) is 18.0. The first kappa shape index (κ1) is 28.1. The lowest BCUT2D eigenvalue weighted by atomic mass is 9.81. The van der Waals surface area contributed by atoms with E-state index in [1.807, 2.05) is 6.07 Å². The molecule has 0 spiro atoms. The van der Waals surface area contributed by atoms with Gasteiger partial charge in [0.05, 0.1) is 23.5 Å². The number of fused-ring (bicyclic) bond motifs is 5. The van der Waals surface area contributed by atoms with Crippen molar-refractivity contribution in [1.82, 2.24) is 9.47 Å². The molecule has 220 valence electrons. The molecule has 1 N–H and O–H groups in total. The Morgan fingerprint density at radius 2 is 1.83 bits per heavy atom. The second kappa shape index (κ2) is 12.9. The molecule has 0 amide bonds. The summed E-state index contributed by atoms with van der Waals surface area (Å²) >= 11 is 0. The van der Waals surface area contributed by atoms with E-state index < -0.39 is 5.97 Å². The molecular formula is C34H45N3O4. The Balaban J connectivity index is 1.45. The van der Waals surface area contributed by atoms with Crippen LogP contribution in [0.3, 0.4) is 0 Å². The maximum atomic E-state index is 11.9. The Labute approximate surface area is 244 Å². The van der Waals surface area contributed by atoms with Gasteiger partial charge in [0, 0.05) is 49.8 Å². The van der Waals surface area contributed by atoms with Crippen molar-refractivity contribution >= 4 is 22.6 Å². The van der Waals surface area contributed by atoms with Gasteiger partial charge in [-0.15, -0.1) is 0 Å². The Morgan fingerprint density at radius 1 is 1.02 bits per heavy atom. The summed E-state index contributed by atoms with van der Waals surface area (Å²) in [6.07, 6.45) is 11.1. The summed E-state index contributed by atoms with van der Waals surface area (Å²) in [6.45, 7) is 7.32. The number of carbonyl (C=O) groups is 1. The summed E-state index contributed by atoms with van der Waals surface area (Å²) in [7, 11) is 1.77. The van der Waals surface area contributed by atoms with Crippen LogP contribution in [-0.4, -0.2) is 73.6 Å². The highest BCUT2D eigenvalue weighted by Crippen LogP contribution is 2.49. The molecule has 3 aliphatic rings. The molecule has 1 aliphatic carbocycles. The zero-order valence-corrected chi connectivity index (χ0v) is 24.6. The van der Waals surface area contributed by atoms with Crippen LogP contribution in [-0.2, 0) is 11.3 Å². The Bertz CT molecular complexity index is 1350. The molecule has 6 rings (SSSR count). The molecule has 7 nitrogen and oxygen atoms in total. The van der Waals surface area contributed by atoms with Crippen molar-refractivity contribution < 1.29 is 19.4 Å². The van der Waals surface area contributed by atoms with E-state index in [1.165, 1.54) is 81.1 Å². The first-order valence-electron chi connectivity index (χ1n) is 15.8. The van der Waals surface area contributed by atoms with Gasteiger partial charge < -0.3 is 28.9 Å². The lowest BCUT2D eigenvalue weighted by molar-refractivity contribution is 0.0697. The predicted molar refractivity (Wildman–Crippen MR) is 165 cm³/mol. The van der Waals surface area contributed by atoms with Crippen molar-refractivity contribution in [2.24, 2.45) is 0 Å². The van der Waals surface area contributed by atoms with E-state index in [0.29, 0.717) is 24.6 Å². The van der Waals surface area contributed by atoms with Crippen molar-refractivity contribution in [2.75, 3.05) is 57.9 Å². The average Bonchev–Trinajstić information content (AvgIpc) is 3.20. The molecule has 3 heterocycles. The summed E-state index contributed by atoms with van der Waals surface area (Å²) in [5, 5.41) is 11.0. The molecule has 2 aliphatic heterocycles. The summed E-state index contributed by atoms with van der Waals surface area (Å²) in [5.74, 6) is 0.569. The quantitative estimate of drug-likeness (QED) is 0.276. The fourth-order valence-electron chi connectivity index (χ4n) is 7.39. The molecule has 2 aromatic carbocycles. The van der Waals surface area contributed by atoms with E-state index in [0.717, 1.165) is 55.2 Å². The minimum atomic E-state index is -0.880. The Morgan fingerprint density at radius 3 is 2.61 bits per heavy atom. The van der Waals surface area contributed by atoms with Crippen LogP contribution in [0.5, 0.6) is 5.75 Å². The van der Waals surface area contributed by atoms with Gasteiger partial charge in [0.15, 0.2) is 5.75 Å². The van der Waals surface area contributed by atoms with Crippen LogP contribution in [0.2, 0.25) is 0 Å². The van der Waals surface area contributed by atoms with Crippen LogP contribution in [0.15, 0.2) is 36.4 Å². The van der Waals surface area contributed by atoms with Crippen molar-refractivity contribution in [3.8, 4) is 17.0 Å². The highest BCUT2D eigenvalue weighted by molar-refractivity contribution is 5.99. The molecule has 0 radical (unpaired) electrons. The van der Waals surface area contributed by atoms with Gasteiger partial charge in [-0.3, -0.25) is 0 Å². The Kier molecular flexibility index (Phi) is 8.82. The third-order valence-electron chi connectivity index (χ3n) is 9.43. The maximum absolute atomic E-state index is 11.9. The molecule has 1 saturated carbocycles. The van der Waals surface area contributed by atoms with Gasteiger partial charge in [-0.1, -0.05) is 37.8 Å². The number of piperidine rings is 1. The van der Waals surface area contributed by atoms with Crippen molar-refractivity contribution in [3.63, 3.8) is 0 Å². The van der Waals surface area contributed by atoms with E-state index in [9.17, 15) is 9.90 Å². The Hall–Kier alpha value is -3.03. The molecule has 1 saturated heterocycles. The number of benzene rings is 2. The molecular weight excluding hydrogens is 514 g/mol. The minimum Gasteiger partial charge on any atom is -0.489 e. The SMILES string of the molecule is COCCCN(CCN1CCCCC1)c1cccc2c1OCCn1c-2c(C2CCCCC2)c2ccc(C(=O)O)cc21. The molecule has 0 bridgehead atoms. The van der Waals surface area contributed by atoms with E-state index in [-0.39, 0.29) is 0 Å². The number of aromatic nitrogens is 1. The fraction of sp³-hybridized carbons (Fsp3) is 0.559. The van der Waals surface area contributed by atoms with E-state index in [1.54, 1.807) is 13.2 Å². The zero-order chi connectivity index (χ0) is 28.2. The standard InChI is InChI=1S/C34H45N3O4/c1-40-22-9-18-36(20-19-35-16-6-3-7-17-35)29-13-8-12-28-32-31(25-10-4-2-5-11-25)27-15-14-26(34(38)39)24-30(27)37(32)21-23-41-33(28)29/h8,12-15,24-25H,2-7,9-11,16-23H2,1H3,(H,38,39). The van der Waals surface area contributed by atoms with Gasteiger partial charge >= 0.3 is 5.97 Å². The number of rotatable bonds is 10. The second-order valence-electron chi connectivity index (χ2n) is 12.0. The molecule has 0 unspecified atom stereocenters. The number of likely N-dealkylation sites (tertiary alicyclic amines) is 1. The highest BCUT2D eigenvalue weighted by atomic mass is 16.5. The molecule has 1 aromatic heterocycles. The smallest absolute Gasteiger partial charge is 0.335 e. The number of hydrogen-bond donors (Lipinski definition) is 1. The van der Waals surface area contributed by atoms with Crippen LogP contribution < -0.4 is 9.64 Å². The van der Waals surface area contributed by atoms with Crippen LogP contribution in [0.1, 0.15) is 79.6 Å². The monoisotopic (exact) mass is 559 g/mol. The number of hydrogen-bond acceptors (Lipinski definition) is 5. The van der Waals surface area contributed by atoms with Crippen molar-refractivity contribution in [1.29, 1.82) is 0 Å². The van der Waals surface area contributed by atoms with E-state index >= 15 is 0 Å². The third-order valence-corrected chi connectivity index (χ3v) is 9.43. The first-order chi connectivity index (χ1) is 20.2. The van der Waals surface area contributed by atoms with Gasteiger partial charge in [-0.05, 0) is 80.9 Å². The average molecular weight is 560 g/mol. The van der Waals surface area contributed by atoms with Crippen LogP contribution >= 0.6 is 0 Å². The number of anilines is 1. The van der Waals surface area contributed by atoms with Crippen LogP contribution in [0.25, 0.3) is 22.2 Å². The molecule has 0 atom stereocenters. The van der Waals surface area contributed by atoms with Crippen LogP contribution in [0, 0.1) is 0 Å². The van der Waals surface area contributed by atoms with Crippen LogP contribution in [0.4, 0.5) is 5.69 Å². The second-order valence-corrected chi connectivity index (χ2v) is 12.0. The number of carboxylic acids is 1. The lowest BCUT2D eigenvalue weighted by Gasteiger charge is -2.32. The predicted octanol–water partition coefficient (Wildman–Crippen LogP) is 6.78. The summed E-state index contributed by atoms with van der Waals surface area (Å²) in [6, 6.07) is 12.3. The van der Waals surface area contributed by atoms with E-state index in [4.69, 9.17) is 9.47 Å². The largest absolute Gasteiger partial charge is 0.489 e. The minimum absolute atomic E-state index is 0.342. The maximum Gasteiger partial charge on any atom is 0.335 e. The van der Waals surface area contributed by atoms with Gasteiger partial charge in [0.1, 0.15) is 6.61 Å². The number of nitrogens with zero attached hydrogens (tertiary/aromatic N) is 3. The van der Waals surface area contributed by atoms with Crippen molar-refractivity contribution in [3.05, 3.63) is 47.5 Å². The summed E-state index contributed by atoms with van der Waals surface area (Å²) < 4.78 is 14.4. The number of carboxylic acid groups (broad SMARTS) is 1. The number of ether oxygens (including phenoxy) is 2. The fourth-order valence-corrected chi connectivity index (χ4v) is 7.39. The highest BCUT2D eigenvalue weighted by Gasteiger charge is 2.31. The third kappa shape index (κ3) is 5.84. The summed E-state index contributed by atoms with van der Waals surface area (Å²) in [5.41, 5.74) is 6.29.